The van der Waals surface area contributed by atoms with Crippen LogP contribution in [0.15, 0.2) is 60.7 Å². The Balaban J connectivity index is 1.92. The predicted octanol–water partition coefficient (Wildman–Crippen LogP) is 3.38. The summed E-state index contributed by atoms with van der Waals surface area (Å²) in [6.45, 7) is 2.30. The third kappa shape index (κ3) is 3.00. The zero-order chi connectivity index (χ0) is 11.2. The van der Waals surface area contributed by atoms with Crippen LogP contribution in [0.1, 0.15) is 23.9 Å². The highest BCUT2D eigenvalue weighted by atomic mass is 14.0. The molecule has 80 valence electrons. The van der Waals surface area contributed by atoms with Crippen molar-refractivity contribution in [2.75, 3.05) is 0 Å². The molecule has 0 aliphatic heterocycles. The fourth-order valence-electron chi connectivity index (χ4n) is 1.98. The van der Waals surface area contributed by atoms with Gasteiger partial charge in [0.15, 0.2) is 0 Å². The second-order valence-electron chi connectivity index (χ2n) is 4.34. The van der Waals surface area contributed by atoms with Crippen LogP contribution >= 0.6 is 0 Å². The van der Waals surface area contributed by atoms with Crippen molar-refractivity contribution in [3.8, 4) is 0 Å². The lowest BCUT2D eigenvalue weighted by atomic mass is 9.59. The van der Waals surface area contributed by atoms with E-state index < -0.39 is 0 Å². The van der Waals surface area contributed by atoms with E-state index in [9.17, 15) is 0 Å². The lowest BCUT2D eigenvalue weighted by Gasteiger charge is -2.10. The van der Waals surface area contributed by atoms with Crippen LogP contribution in [-0.2, 0) is 6.32 Å². The quantitative estimate of drug-likeness (QED) is 0.675. The summed E-state index contributed by atoms with van der Waals surface area (Å²) in [5, 5.41) is 0. The molecule has 0 amide bonds. The predicted molar refractivity (Wildman–Crippen MR) is 72.2 cm³/mol. The highest BCUT2D eigenvalue weighted by molar-refractivity contribution is 6.37. The van der Waals surface area contributed by atoms with E-state index in [1.807, 2.05) is 0 Å². The zero-order valence-electron chi connectivity index (χ0n) is 9.77. The van der Waals surface area contributed by atoms with Crippen molar-refractivity contribution in [1.82, 2.24) is 0 Å². The highest BCUT2D eigenvalue weighted by Crippen LogP contribution is 2.14. The van der Waals surface area contributed by atoms with E-state index in [4.69, 9.17) is 0 Å². The molecule has 0 saturated heterocycles. The maximum absolute atomic E-state index is 2.30. The molecule has 1 unspecified atom stereocenters. The smallest absolute Gasteiger partial charge is 0.0654 e. The van der Waals surface area contributed by atoms with Crippen LogP contribution < -0.4 is 0 Å². The number of rotatable bonds is 4. The van der Waals surface area contributed by atoms with Gasteiger partial charge in [-0.15, -0.1) is 0 Å². The molecule has 0 fully saturated rings. The molecule has 16 heavy (non-hydrogen) atoms. The summed E-state index contributed by atoms with van der Waals surface area (Å²) in [6, 6.07) is 21.5. The Morgan fingerprint density at radius 3 is 2.06 bits per heavy atom. The van der Waals surface area contributed by atoms with E-state index >= 15 is 0 Å². The lowest BCUT2D eigenvalue weighted by Crippen LogP contribution is -2.07. The lowest BCUT2D eigenvalue weighted by molar-refractivity contribution is 1.05. The topological polar surface area (TPSA) is 0 Å². The second-order valence-corrected chi connectivity index (χ2v) is 4.34. The summed E-state index contributed by atoms with van der Waals surface area (Å²) in [6.07, 6.45) is 1.16. The molecular formula is C15H17B. The molecule has 1 heteroatoms. The first-order valence-electron chi connectivity index (χ1n) is 5.95. The second kappa shape index (κ2) is 5.55. The third-order valence-corrected chi connectivity index (χ3v) is 3.08. The van der Waals surface area contributed by atoms with Crippen LogP contribution in [0.4, 0.5) is 0 Å². The van der Waals surface area contributed by atoms with Gasteiger partial charge in [-0.25, -0.2) is 0 Å². The summed E-state index contributed by atoms with van der Waals surface area (Å²) in [5.74, 6) is 0.640. The Hall–Kier alpha value is -1.50. The van der Waals surface area contributed by atoms with Crippen molar-refractivity contribution >= 4 is 7.28 Å². The molecule has 0 N–H and O–H groups in total. The van der Waals surface area contributed by atoms with Crippen molar-refractivity contribution in [2.45, 2.75) is 19.1 Å². The Labute approximate surface area is 98.6 Å². The maximum atomic E-state index is 2.30. The van der Waals surface area contributed by atoms with E-state index in [-0.39, 0.29) is 0 Å². The van der Waals surface area contributed by atoms with E-state index in [0.717, 1.165) is 6.32 Å². The van der Waals surface area contributed by atoms with Gasteiger partial charge in [-0.2, -0.15) is 0 Å². The van der Waals surface area contributed by atoms with Crippen molar-refractivity contribution in [2.24, 2.45) is 0 Å². The van der Waals surface area contributed by atoms with Crippen LogP contribution in [-0.4, -0.2) is 7.28 Å². The first-order chi connectivity index (χ1) is 7.86. The molecule has 0 aliphatic carbocycles. The first kappa shape index (κ1) is 11.0. The normalized spacial score (nSPS) is 12.1. The van der Waals surface area contributed by atoms with Gasteiger partial charge in [0.1, 0.15) is 7.28 Å². The minimum Gasteiger partial charge on any atom is -0.0654 e. The molecule has 0 spiro atoms. The summed E-state index contributed by atoms with van der Waals surface area (Å²) in [4.78, 5) is 0. The Bertz CT molecular complexity index is 408. The van der Waals surface area contributed by atoms with Crippen molar-refractivity contribution in [3.63, 3.8) is 0 Å². The SMILES string of the molecule is CC(BCc1ccccc1)c1ccccc1. The Morgan fingerprint density at radius 2 is 1.44 bits per heavy atom. The van der Waals surface area contributed by atoms with Crippen LogP contribution in [0.2, 0.25) is 0 Å². The van der Waals surface area contributed by atoms with Crippen LogP contribution in [0.3, 0.4) is 0 Å². The summed E-state index contributed by atoms with van der Waals surface area (Å²) >= 11 is 0. The van der Waals surface area contributed by atoms with Crippen molar-refractivity contribution < 1.29 is 0 Å². The molecule has 0 saturated carbocycles. The number of hydrogen-bond donors (Lipinski definition) is 0. The molecule has 0 radical (unpaired) electrons. The molecule has 2 aromatic carbocycles. The van der Waals surface area contributed by atoms with Crippen molar-refractivity contribution in [3.05, 3.63) is 71.8 Å². The molecule has 0 bridgehead atoms. The standard InChI is InChI=1S/C15H17B/c1-13(15-10-6-3-7-11-15)16-12-14-8-4-2-5-9-14/h2-11,13,16H,12H2,1H3. The average Bonchev–Trinajstić information content (AvgIpc) is 2.38. The zero-order valence-corrected chi connectivity index (χ0v) is 9.77. The van der Waals surface area contributed by atoms with E-state index in [1.165, 1.54) is 18.4 Å². The van der Waals surface area contributed by atoms with Gasteiger partial charge in [-0.3, -0.25) is 0 Å². The molecular weight excluding hydrogens is 191 g/mol. The minimum absolute atomic E-state index is 0.640. The molecule has 0 aliphatic rings. The van der Waals surface area contributed by atoms with E-state index in [0.29, 0.717) is 5.82 Å². The van der Waals surface area contributed by atoms with Gasteiger partial charge in [0.05, 0.1) is 0 Å². The minimum atomic E-state index is 0.640. The molecule has 0 aromatic heterocycles. The fraction of sp³-hybridized carbons (Fsp3) is 0.200. The monoisotopic (exact) mass is 208 g/mol. The maximum Gasteiger partial charge on any atom is 0.134 e. The van der Waals surface area contributed by atoms with Crippen molar-refractivity contribution in [1.29, 1.82) is 0 Å². The Morgan fingerprint density at radius 1 is 0.875 bits per heavy atom. The third-order valence-electron chi connectivity index (χ3n) is 3.08. The van der Waals surface area contributed by atoms with Crippen LogP contribution in [0.25, 0.3) is 0 Å². The number of benzene rings is 2. The fourth-order valence-corrected chi connectivity index (χ4v) is 1.98. The van der Waals surface area contributed by atoms with E-state index in [1.54, 1.807) is 0 Å². The summed E-state index contributed by atoms with van der Waals surface area (Å²) < 4.78 is 0. The summed E-state index contributed by atoms with van der Waals surface area (Å²) in [7, 11) is 1.22. The van der Waals surface area contributed by atoms with Gasteiger partial charge >= 0.3 is 0 Å². The highest BCUT2D eigenvalue weighted by Gasteiger charge is 2.06. The molecule has 0 heterocycles. The van der Waals surface area contributed by atoms with Gasteiger partial charge in [-0.05, 0) is 5.82 Å². The number of hydrogen-bond acceptors (Lipinski definition) is 0. The van der Waals surface area contributed by atoms with Gasteiger partial charge < -0.3 is 0 Å². The average molecular weight is 208 g/mol. The van der Waals surface area contributed by atoms with Gasteiger partial charge in [0.25, 0.3) is 0 Å². The van der Waals surface area contributed by atoms with Gasteiger partial charge in [0.2, 0.25) is 0 Å². The largest absolute Gasteiger partial charge is 0.134 e. The first-order valence-corrected chi connectivity index (χ1v) is 5.95. The van der Waals surface area contributed by atoms with Crippen LogP contribution in [0.5, 0.6) is 0 Å². The molecule has 0 nitrogen and oxygen atoms in total. The molecule has 2 rings (SSSR count). The van der Waals surface area contributed by atoms with Crippen LogP contribution in [0, 0.1) is 0 Å². The van der Waals surface area contributed by atoms with Gasteiger partial charge in [0, 0.05) is 0 Å². The van der Waals surface area contributed by atoms with Gasteiger partial charge in [-0.1, -0.05) is 85.0 Å². The molecule has 2 aromatic rings. The van der Waals surface area contributed by atoms with E-state index in [2.05, 4.69) is 67.6 Å². The Kier molecular flexibility index (Phi) is 3.82. The summed E-state index contributed by atoms with van der Waals surface area (Å²) in [5.41, 5.74) is 2.88. The molecule has 1 atom stereocenters.